The Morgan fingerprint density at radius 1 is 0.638 bits per heavy atom. The molecule has 2 aliphatic carbocycles. The van der Waals surface area contributed by atoms with Crippen LogP contribution in [0.3, 0.4) is 0 Å². The zero-order chi connectivity index (χ0) is 40.4. The SMILES string of the molecule is O=C1CC(C23CCC(CC2)OC3)Oc2ccc(Br)cc21.[C-]#[N+]c1cccc(-c2ccc3c(c2)C(=O)CC(C24CCC(CC2)OC4)O3)c1.[C-]#[N+]c1cccc(B(O)O)c1. The molecule has 58 heavy (non-hydrogen) atoms. The van der Waals surface area contributed by atoms with Crippen LogP contribution in [0.4, 0.5) is 11.4 Å². The Hall–Kier alpha value is -4.82. The molecule has 2 atom stereocenters. The minimum Gasteiger partial charge on any atom is -0.489 e. The molecule has 6 fully saturated rings. The van der Waals surface area contributed by atoms with Crippen molar-refractivity contribution in [2.45, 2.75) is 88.6 Å². The quantitative estimate of drug-likeness (QED) is 0.155. The highest BCUT2D eigenvalue weighted by molar-refractivity contribution is 9.10. The van der Waals surface area contributed by atoms with Gasteiger partial charge in [-0.25, -0.2) is 9.69 Å². The highest BCUT2D eigenvalue weighted by Gasteiger charge is 2.51. The van der Waals surface area contributed by atoms with Crippen molar-refractivity contribution in [1.82, 2.24) is 0 Å². The number of rotatable bonds is 4. The van der Waals surface area contributed by atoms with Crippen LogP contribution in [-0.2, 0) is 9.47 Å². The molecule has 4 saturated heterocycles. The van der Waals surface area contributed by atoms with E-state index >= 15 is 0 Å². The second-order valence-corrected chi connectivity index (χ2v) is 17.2. The van der Waals surface area contributed by atoms with Crippen molar-refractivity contribution in [2.75, 3.05) is 13.2 Å². The fourth-order valence-corrected chi connectivity index (χ4v) is 9.71. The van der Waals surface area contributed by atoms with Crippen molar-refractivity contribution in [3.05, 3.63) is 123 Å². The molecule has 2 unspecified atom stereocenters. The fourth-order valence-electron chi connectivity index (χ4n) is 9.34. The lowest BCUT2D eigenvalue weighted by molar-refractivity contribution is -0.153. The topological polar surface area (TPSA) is 120 Å². The summed E-state index contributed by atoms with van der Waals surface area (Å²) in [4.78, 5) is 32.0. The monoisotopic (exact) mass is 842 g/mol. The molecule has 6 heterocycles. The van der Waals surface area contributed by atoms with E-state index in [1.54, 1.807) is 24.3 Å². The molecule has 4 aromatic carbocycles. The van der Waals surface area contributed by atoms with Crippen molar-refractivity contribution in [2.24, 2.45) is 10.8 Å². The Labute approximate surface area is 347 Å². The second-order valence-electron chi connectivity index (χ2n) is 16.3. The Morgan fingerprint density at radius 3 is 1.66 bits per heavy atom. The van der Waals surface area contributed by atoms with Crippen LogP contribution in [0.1, 0.15) is 84.9 Å². The van der Waals surface area contributed by atoms with Crippen LogP contribution in [-0.4, -0.2) is 66.4 Å². The van der Waals surface area contributed by atoms with Gasteiger partial charge in [0.05, 0.1) is 49.7 Å². The Bertz CT molecular complexity index is 2260. The number of carbonyl (C=O) groups is 2. The lowest BCUT2D eigenvalue weighted by atomic mass is 9.66. The van der Waals surface area contributed by atoms with Gasteiger partial charge in [-0.15, -0.1) is 0 Å². The molecule has 0 radical (unpaired) electrons. The first-order valence-corrected chi connectivity index (χ1v) is 20.7. The molecule has 6 aliphatic heterocycles. The first-order valence-electron chi connectivity index (χ1n) is 19.9. The lowest BCUT2D eigenvalue weighted by Crippen LogP contribution is -2.53. The molecule has 8 aliphatic rings. The van der Waals surface area contributed by atoms with Crippen LogP contribution in [0.25, 0.3) is 20.8 Å². The van der Waals surface area contributed by atoms with E-state index in [-0.39, 0.29) is 34.6 Å². The zero-order valence-electron chi connectivity index (χ0n) is 32.1. The van der Waals surface area contributed by atoms with Gasteiger partial charge in [0.1, 0.15) is 23.7 Å². The number of benzene rings is 4. The maximum Gasteiger partial charge on any atom is 0.487 e. The summed E-state index contributed by atoms with van der Waals surface area (Å²) in [5.74, 6) is 1.76. The summed E-state index contributed by atoms with van der Waals surface area (Å²) in [6.07, 6.45) is 10.5. The van der Waals surface area contributed by atoms with Crippen LogP contribution in [0.15, 0.2) is 89.4 Å². The fraction of sp³-hybridized carbons (Fsp3) is 0.391. The molecule has 12 rings (SSSR count). The van der Waals surface area contributed by atoms with E-state index in [4.69, 9.17) is 42.1 Å². The maximum absolute atomic E-state index is 12.9. The van der Waals surface area contributed by atoms with Crippen molar-refractivity contribution in [3.63, 3.8) is 0 Å². The highest BCUT2D eigenvalue weighted by atomic mass is 79.9. The molecule has 0 spiro atoms. The van der Waals surface area contributed by atoms with Crippen LogP contribution in [0.5, 0.6) is 11.5 Å². The number of ketones is 2. The van der Waals surface area contributed by atoms with Gasteiger partial charge < -0.3 is 29.0 Å². The largest absolute Gasteiger partial charge is 0.489 e. The predicted octanol–water partition coefficient (Wildman–Crippen LogP) is 8.86. The third-order valence-electron chi connectivity index (χ3n) is 12.8. The van der Waals surface area contributed by atoms with Gasteiger partial charge in [0, 0.05) is 28.1 Å². The average Bonchev–Trinajstić information content (AvgIpc) is 3.28. The first kappa shape index (κ1) is 40.0. The molecule has 0 amide bonds. The summed E-state index contributed by atoms with van der Waals surface area (Å²) >= 11 is 3.41. The molecule has 296 valence electrons. The Morgan fingerprint density at radius 2 is 1.14 bits per heavy atom. The molecular formula is C46H44BBrN2O8. The van der Waals surface area contributed by atoms with Gasteiger partial charge in [-0.05, 0) is 104 Å². The molecule has 10 nitrogen and oxygen atoms in total. The van der Waals surface area contributed by atoms with E-state index in [0.29, 0.717) is 65.4 Å². The summed E-state index contributed by atoms with van der Waals surface area (Å²) in [6.45, 7) is 15.3. The second kappa shape index (κ2) is 16.8. The minimum atomic E-state index is -1.49. The molecule has 4 aromatic rings. The molecule has 0 aromatic heterocycles. The number of Topliss-reactive ketones (excluding diaryl/α,β-unsaturated/α-hetero) is 2. The standard InChI is InChI=1S/C23H21NO3.C16H17BrO3.C7H6BNO2/c1-24-17-4-2-3-15(11-17)16-5-6-21-19(12-16)20(25)13-22(27-21)23-9-7-18(8-10-23)26-14-23;17-10-1-2-14-12(7-10)13(18)8-15(20-14)16-5-3-11(4-6-16)19-9-16;1-9-7-4-2-3-6(5-7)8(10)11/h2-6,11-12,18,22H,7-10,13-14H2;1-2,7,11,15H,3-6,8-9H2;2-5,10-11H. The number of hydrogen-bond acceptors (Lipinski definition) is 8. The summed E-state index contributed by atoms with van der Waals surface area (Å²) in [7, 11) is -1.49. The average molecular weight is 844 g/mol. The van der Waals surface area contributed by atoms with Gasteiger partial charge in [-0.3, -0.25) is 9.59 Å². The summed E-state index contributed by atoms with van der Waals surface area (Å²) < 4.78 is 25.3. The van der Waals surface area contributed by atoms with Gasteiger partial charge in [-0.1, -0.05) is 64.5 Å². The number of halogens is 1. The molecule has 2 N–H and O–H groups in total. The third-order valence-corrected chi connectivity index (χ3v) is 13.3. The zero-order valence-corrected chi connectivity index (χ0v) is 33.7. The normalized spacial score (nSPS) is 27.4. The van der Waals surface area contributed by atoms with Crippen molar-refractivity contribution in [1.29, 1.82) is 0 Å². The summed E-state index contributed by atoms with van der Waals surface area (Å²) in [6, 6.07) is 25.2. The lowest BCUT2D eigenvalue weighted by Gasteiger charge is -2.50. The van der Waals surface area contributed by atoms with Crippen LogP contribution in [0.2, 0.25) is 0 Å². The van der Waals surface area contributed by atoms with Crippen LogP contribution >= 0.6 is 15.9 Å². The van der Waals surface area contributed by atoms with E-state index in [9.17, 15) is 9.59 Å². The number of fused-ring (bicyclic) bond motifs is 8. The number of carbonyl (C=O) groups excluding carboxylic acids is 2. The van der Waals surface area contributed by atoms with Crippen molar-refractivity contribution < 1.29 is 38.6 Å². The molecule has 2 saturated carbocycles. The van der Waals surface area contributed by atoms with E-state index in [1.807, 2.05) is 54.6 Å². The predicted molar refractivity (Wildman–Crippen MR) is 223 cm³/mol. The molecule has 12 heteroatoms. The van der Waals surface area contributed by atoms with Crippen molar-refractivity contribution in [3.8, 4) is 22.6 Å². The van der Waals surface area contributed by atoms with Crippen LogP contribution in [0, 0.1) is 24.0 Å². The minimum absolute atomic E-state index is 0.00919. The summed E-state index contributed by atoms with van der Waals surface area (Å²) in [5, 5.41) is 17.4. The highest BCUT2D eigenvalue weighted by Crippen LogP contribution is 2.51. The van der Waals surface area contributed by atoms with Gasteiger partial charge in [0.2, 0.25) is 0 Å². The Kier molecular flexibility index (Phi) is 11.6. The van der Waals surface area contributed by atoms with Gasteiger partial charge in [0.15, 0.2) is 22.9 Å². The molecule has 4 bridgehead atoms. The third kappa shape index (κ3) is 8.23. The van der Waals surface area contributed by atoms with E-state index < -0.39 is 7.12 Å². The van der Waals surface area contributed by atoms with Crippen molar-refractivity contribution >= 4 is 51.5 Å². The number of ether oxygens (including phenoxy) is 4. The number of nitrogens with zero attached hydrogens (tertiary/aromatic N) is 2. The van der Waals surface area contributed by atoms with E-state index in [2.05, 4.69) is 25.6 Å². The van der Waals surface area contributed by atoms with E-state index in [0.717, 1.165) is 79.3 Å². The summed E-state index contributed by atoms with van der Waals surface area (Å²) in [5.41, 5.74) is 4.64. The van der Waals surface area contributed by atoms with Gasteiger partial charge in [0.25, 0.3) is 0 Å². The Balaban J connectivity index is 0.000000133. The van der Waals surface area contributed by atoms with Gasteiger partial charge in [-0.2, -0.15) is 0 Å². The smallest absolute Gasteiger partial charge is 0.487 e. The molecular weight excluding hydrogens is 799 g/mol. The van der Waals surface area contributed by atoms with Crippen LogP contribution < -0.4 is 14.9 Å². The van der Waals surface area contributed by atoms with E-state index in [1.165, 1.54) is 6.07 Å². The first-order chi connectivity index (χ1) is 28.1. The number of hydrogen-bond donors (Lipinski definition) is 2. The maximum atomic E-state index is 12.9. The van der Waals surface area contributed by atoms with Gasteiger partial charge >= 0.3 is 7.12 Å².